The van der Waals surface area contributed by atoms with Gasteiger partial charge in [0.2, 0.25) is 0 Å². The molecule has 3 heterocycles. The van der Waals surface area contributed by atoms with Gasteiger partial charge in [-0.05, 0) is 23.9 Å². The second-order valence-electron chi connectivity index (χ2n) is 4.06. The third-order valence-electron chi connectivity index (χ3n) is 3.29. The average Bonchev–Trinajstić information content (AvgIpc) is 2.94. The number of fused-ring (bicyclic) bond motifs is 1. The summed E-state index contributed by atoms with van der Waals surface area (Å²) in [6.45, 7) is 2.84. The predicted octanol–water partition coefficient (Wildman–Crippen LogP) is -0.0280. The number of aromatic nitrogens is 2. The lowest BCUT2D eigenvalue weighted by molar-refractivity contribution is 0.0731. The van der Waals surface area contributed by atoms with Crippen LogP contribution < -0.4 is 5.32 Å². The molecule has 2 aliphatic rings. The van der Waals surface area contributed by atoms with E-state index in [0.717, 1.165) is 26.1 Å². The van der Waals surface area contributed by atoms with Crippen molar-refractivity contribution in [2.24, 2.45) is 5.92 Å². The van der Waals surface area contributed by atoms with Gasteiger partial charge in [0.25, 0.3) is 5.91 Å². The van der Waals surface area contributed by atoms with Crippen LogP contribution in [0.5, 0.6) is 0 Å². The van der Waals surface area contributed by atoms with E-state index in [9.17, 15) is 4.79 Å². The molecule has 0 aliphatic carbocycles. The molecule has 0 unspecified atom stereocenters. The van der Waals surface area contributed by atoms with E-state index < -0.39 is 0 Å². The van der Waals surface area contributed by atoms with E-state index >= 15 is 0 Å². The van der Waals surface area contributed by atoms with Gasteiger partial charge >= 0.3 is 0 Å². The zero-order chi connectivity index (χ0) is 10.3. The molecule has 0 radical (unpaired) electrons. The van der Waals surface area contributed by atoms with Crippen LogP contribution in [0.3, 0.4) is 0 Å². The number of hydrogen-bond donors (Lipinski definition) is 1. The summed E-state index contributed by atoms with van der Waals surface area (Å²) in [5.74, 6) is 0.681. The van der Waals surface area contributed by atoms with Crippen molar-refractivity contribution in [1.82, 2.24) is 19.8 Å². The highest BCUT2D eigenvalue weighted by molar-refractivity contribution is 7.03. The summed E-state index contributed by atoms with van der Waals surface area (Å²) in [4.78, 5) is 14.0. The van der Waals surface area contributed by atoms with Crippen molar-refractivity contribution in [3.8, 4) is 0 Å². The molecule has 1 aromatic rings. The minimum absolute atomic E-state index is 0.0416. The number of nitrogens with one attached hydrogen (secondary N) is 1. The van der Waals surface area contributed by atoms with Gasteiger partial charge in [0, 0.05) is 31.1 Å². The standard InChI is InChI=1S/C9H12N4OS/c14-9(7-5-15-12-11-7)13-2-1-6-3-10-4-8(6)13/h5-6,8,10H,1-4H2/t6-,8+/m0/s1. The maximum Gasteiger partial charge on any atom is 0.275 e. The first-order valence-electron chi connectivity index (χ1n) is 5.15. The normalized spacial score (nSPS) is 29.5. The van der Waals surface area contributed by atoms with Crippen LogP contribution in [-0.4, -0.2) is 46.1 Å². The molecule has 0 spiro atoms. The molecule has 2 fully saturated rings. The van der Waals surface area contributed by atoms with E-state index in [1.807, 2.05) is 4.90 Å². The van der Waals surface area contributed by atoms with Gasteiger partial charge < -0.3 is 10.2 Å². The molecule has 80 valence electrons. The fraction of sp³-hybridized carbons (Fsp3) is 0.667. The summed E-state index contributed by atoms with van der Waals surface area (Å²) in [5.41, 5.74) is 0.493. The van der Waals surface area contributed by atoms with Crippen LogP contribution in [0.2, 0.25) is 0 Å². The SMILES string of the molecule is O=C(c1csnn1)N1CC[C@H]2CNC[C@H]21. The molecule has 1 N–H and O–H groups in total. The van der Waals surface area contributed by atoms with Crippen molar-refractivity contribution in [3.63, 3.8) is 0 Å². The molecular formula is C9H12N4OS. The molecule has 6 heteroatoms. The highest BCUT2D eigenvalue weighted by Gasteiger charge is 2.40. The molecule has 0 aromatic carbocycles. The maximum atomic E-state index is 12.1. The Bertz CT molecular complexity index is 366. The first kappa shape index (κ1) is 9.23. The third-order valence-corrected chi connectivity index (χ3v) is 3.79. The third kappa shape index (κ3) is 1.44. The summed E-state index contributed by atoms with van der Waals surface area (Å²) in [7, 11) is 0. The highest BCUT2D eigenvalue weighted by atomic mass is 32.1. The summed E-state index contributed by atoms with van der Waals surface area (Å²) < 4.78 is 3.73. The van der Waals surface area contributed by atoms with Crippen LogP contribution in [0.15, 0.2) is 5.38 Å². The van der Waals surface area contributed by atoms with E-state index in [2.05, 4.69) is 14.9 Å². The first-order chi connectivity index (χ1) is 7.36. The number of likely N-dealkylation sites (tertiary alicyclic amines) is 1. The van der Waals surface area contributed by atoms with Gasteiger partial charge in [0.15, 0.2) is 5.69 Å². The van der Waals surface area contributed by atoms with Crippen molar-refractivity contribution in [3.05, 3.63) is 11.1 Å². The van der Waals surface area contributed by atoms with Crippen molar-refractivity contribution >= 4 is 17.4 Å². The van der Waals surface area contributed by atoms with E-state index in [-0.39, 0.29) is 5.91 Å². The molecule has 2 saturated heterocycles. The summed E-state index contributed by atoms with van der Waals surface area (Å²) in [6.07, 6.45) is 1.11. The Kier molecular flexibility index (Phi) is 2.17. The zero-order valence-electron chi connectivity index (χ0n) is 8.22. The number of carbonyl (C=O) groups is 1. The molecule has 15 heavy (non-hydrogen) atoms. The lowest BCUT2D eigenvalue weighted by atomic mass is 10.1. The van der Waals surface area contributed by atoms with Crippen LogP contribution in [-0.2, 0) is 0 Å². The van der Waals surface area contributed by atoms with Gasteiger partial charge in [-0.2, -0.15) is 0 Å². The van der Waals surface area contributed by atoms with Gasteiger partial charge in [-0.1, -0.05) is 4.49 Å². The van der Waals surface area contributed by atoms with Gasteiger partial charge in [-0.15, -0.1) is 5.10 Å². The Balaban J connectivity index is 1.80. The van der Waals surface area contributed by atoms with Crippen LogP contribution >= 0.6 is 11.5 Å². The van der Waals surface area contributed by atoms with Crippen molar-refractivity contribution < 1.29 is 4.79 Å². The molecular weight excluding hydrogens is 212 g/mol. The molecule has 3 rings (SSSR count). The van der Waals surface area contributed by atoms with E-state index in [4.69, 9.17) is 0 Å². The number of amides is 1. The quantitative estimate of drug-likeness (QED) is 0.728. The smallest absolute Gasteiger partial charge is 0.275 e. The summed E-state index contributed by atoms with van der Waals surface area (Å²) >= 11 is 1.23. The van der Waals surface area contributed by atoms with Crippen LogP contribution in [0.4, 0.5) is 0 Å². The Morgan fingerprint density at radius 3 is 3.33 bits per heavy atom. The molecule has 1 aromatic heterocycles. The predicted molar refractivity (Wildman–Crippen MR) is 55.7 cm³/mol. The number of carbonyl (C=O) groups excluding carboxylic acids is 1. The Morgan fingerprint density at radius 2 is 2.53 bits per heavy atom. The van der Waals surface area contributed by atoms with Crippen molar-refractivity contribution in [1.29, 1.82) is 0 Å². The highest BCUT2D eigenvalue weighted by Crippen LogP contribution is 2.28. The summed E-state index contributed by atoms with van der Waals surface area (Å²) in [6, 6.07) is 0.374. The van der Waals surface area contributed by atoms with Crippen molar-refractivity contribution in [2.45, 2.75) is 12.5 Å². The Hall–Kier alpha value is -1.01. The van der Waals surface area contributed by atoms with Gasteiger partial charge in [-0.25, -0.2) is 0 Å². The second-order valence-corrected chi connectivity index (χ2v) is 4.67. The van der Waals surface area contributed by atoms with Gasteiger partial charge in [0.05, 0.1) is 0 Å². The van der Waals surface area contributed by atoms with Crippen LogP contribution in [0.1, 0.15) is 16.9 Å². The number of nitrogens with zero attached hydrogens (tertiary/aromatic N) is 3. The minimum Gasteiger partial charge on any atom is -0.333 e. The molecule has 2 aliphatic heterocycles. The molecule has 1 amide bonds. The monoisotopic (exact) mass is 224 g/mol. The molecule has 2 atom stereocenters. The average molecular weight is 224 g/mol. The van der Waals surface area contributed by atoms with E-state index in [1.165, 1.54) is 11.5 Å². The number of hydrogen-bond acceptors (Lipinski definition) is 5. The first-order valence-corrected chi connectivity index (χ1v) is 5.98. The van der Waals surface area contributed by atoms with Crippen LogP contribution in [0, 0.1) is 5.92 Å². The van der Waals surface area contributed by atoms with Gasteiger partial charge in [-0.3, -0.25) is 4.79 Å². The fourth-order valence-corrected chi connectivity index (χ4v) is 2.94. The topological polar surface area (TPSA) is 58.1 Å². The molecule has 0 saturated carbocycles. The molecule has 5 nitrogen and oxygen atoms in total. The summed E-state index contributed by atoms with van der Waals surface area (Å²) in [5, 5.41) is 8.88. The Labute approximate surface area is 91.6 Å². The van der Waals surface area contributed by atoms with Crippen LogP contribution in [0.25, 0.3) is 0 Å². The largest absolute Gasteiger partial charge is 0.333 e. The lowest BCUT2D eigenvalue weighted by Crippen LogP contribution is -2.39. The second kappa shape index (κ2) is 3.53. The lowest BCUT2D eigenvalue weighted by Gasteiger charge is -2.22. The number of rotatable bonds is 1. The fourth-order valence-electron chi connectivity index (χ4n) is 2.51. The van der Waals surface area contributed by atoms with Crippen molar-refractivity contribution in [2.75, 3.05) is 19.6 Å². The minimum atomic E-state index is 0.0416. The van der Waals surface area contributed by atoms with E-state index in [1.54, 1.807) is 5.38 Å². The maximum absolute atomic E-state index is 12.1. The zero-order valence-corrected chi connectivity index (χ0v) is 9.04. The van der Waals surface area contributed by atoms with Gasteiger partial charge in [0.1, 0.15) is 0 Å². The molecule has 0 bridgehead atoms. The Morgan fingerprint density at radius 1 is 1.60 bits per heavy atom. The van der Waals surface area contributed by atoms with E-state index in [0.29, 0.717) is 17.7 Å².